The number of hydrogen-bond acceptors (Lipinski definition) is 6. The van der Waals surface area contributed by atoms with Crippen LogP contribution in [0.5, 0.6) is 0 Å². The first-order chi connectivity index (χ1) is 14.6. The number of carboxylic acids is 1. The van der Waals surface area contributed by atoms with Gasteiger partial charge in [-0.25, -0.2) is 10.1 Å². The fourth-order valence-corrected chi connectivity index (χ4v) is 2.90. The lowest BCUT2D eigenvalue weighted by Gasteiger charge is -2.16. The molecule has 0 aromatic carbocycles. The van der Waals surface area contributed by atoms with E-state index >= 15 is 0 Å². The molecule has 0 fully saturated rings. The number of carbonyl (C=O) groups excluding carboxylic acids is 3. The summed E-state index contributed by atoms with van der Waals surface area (Å²) in [5.41, 5.74) is 0. The van der Waals surface area contributed by atoms with Gasteiger partial charge in [0.2, 0.25) is 17.7 Å². The second-order valence-electron chi connectivity index (χ2n) is 7.80. The molecule has 0 aromatic heterocycles. The molecule has 0 heterocycles. The zero-order valence-electron chi connectivity index (χ0n) is 18.9. The van der Waals surface area contributed by atoms with Gasteiger partial charge in [0.05, 0.1) is 0 Å². The average molecular weight is 446 g/mol. The van der Waals surface area contributed by atoms with Gasteiger partial charge in [-0.3, -0.25) is 29.6 Å². The quantitative estimate of drug-likeness (QED) is 0.167. The van der Waals surface area contributed by atoms with E-state index in [1.54, 1.807) is 11.9 Å². The molecule has 0 bridgehead atoms. The molecule has 0 aliphatic carbocycles. The molecule has 0 atom stereocenters. The Hall–Kier alpha value is -2.20. The number of amides is 3. The van der Waals surface area contributed by atoms with Crippen molar-refractivity contribution in [2.24, 2.45) is 0 Å². The van der Waals surface area contributed by atoms with Gasteiger partial charge >= 0.3 is 5.97 Å². The van der Waals surface area contributed by atoms with Gasteiger partial charge in [0, 0.05) is 52.9 Å². The van der Waals surface area contributed by atoms with Gasteiger partial charge in [-0.2, -0.15) is 0 Å². The molecule has 3 N–H and O–H groups in total. The first-order valence-corrected chi connectivity index (χ1v) is 11.1. The fraction of sp³-hybridized carbons (Fsp3) is 0.810. The molecule has 0 radical (unpaired) electrons. The van der Waals surface area contributed by atoms with Crippen LogP contribution in [0.15, 0.2) is 0 Å². The number of rotatable bonds is 18. The van der Waals surface area contributed by atoms with Gasteiger partial charge in [-0.15, -0.1) is 0 Å². The average Bonchev–Trinajstić information content (AvgIpc) is 2.71. The van der Waals surface area contributed by atoms with Crippen LogP contribution >= 0.6 is 0 Å². The fourth-order valence-electron chi connectivity index (χ4n) is 2.90. The van der Waals surface area contributed by atoms with Crippen LogP contribution in [0.25, 0.3) is 0 Å². The summed E-state index contributed by atoms with van der Waals surface area (Å²) in [5.74, 6) is -1.56. The molecule has 0 saturated heterocycles. The molecule has 0 unspecified atom stereocenters. The summed E-state index contributed by atoms with van der Waals surface area (Å²) >= 11 is 0. The molecule has 0 aromatic rings. The number of hydroxylamine groups is 4. The minimum atomic E-state index is -0.853. The summed E-state index contributed by atoms with van der Waals surface area (Å²) in [6, 6.07) is 0. The molecule has 0 aliphatic heterocycles. The van der Waals surface area contributed by atoms with Gasteiger partial charge in [0.25, 0.3) is 0 Å². The minimum Gasteiger partial charge on any atom is -0.481 e. The third kappa shape index (κ3) is 16.2. The van der Waals surface area contributed by atoms with Crippen LogP contribution in [0.3, 0.4) is 0 Å². The second kappa shape index (κ2) is 17.5. The van der Waals surface area contributed by atoms with E-state index in [0.717, 1.165) is 17.9 Å². The highest BCUT2D eigenvalue weighted by atomic mass is 16.5. The summed E-state index contributed by atoms with van der Waals surface area (Å²) in [6.07, 6.45) is 6.22. The first kappa shape index (κ1) is 28.8. The van der Waals surface area contributed by atoms with E-state index < -0.39 is 5.97 Å². The Balaban J connectivity index is 3.70. The van der Waals surface area contributed by atoms with E-state index in [1.807, 2.05) is 0 Å². The largest absolute Gasteiger partial charge is 0.481 e. The van der Waals surface area contributed by atoms with Crippen LogP contribution in [-0.4, -0.2) is 80.9 Å². The summed E-state index contributed by atoms with van der Waals surface area (Å²) in [4.78, 5) is 46.8. The highest BCUT2D eigenvalue weighted by molar-refractivity contribution is 5.75. The smallest absolute Gasteiger partial charge is 0.303 e. The van der Waals surface area contributed by atoms with E-state index in [0.29, 0.717) is 56.6 Å². The molecule has 31 heavy (non-hydrogen) atoms. The number of carboxylic acid groups (broad SMARTS) is 1. The Morgan fingerprint density at radius 3 is 1.39 bits per heavy atom. The zero-order valence-corrected chi connectivity index (χ0v) is 18.9. The number of hydrogen-bond donors (Lipinski definition) is 3. The van der Waals surface area contributed by atoms with Gasteiger partial charge in [0.1, 0.15) is 0 Å². The highest BCUT2D eigenvalue weighted by Gasteiger charge is 2.12. The molecule has 10 heteroatoms. The molecule has 0 spiro atoms. The van der Waals surface area contributed by atoms with Crippen LogP contribution in [0.4, 0.5) is 0 Å². The Bertz CT molecular complexity index is 557. The zero-order chi connectivity index (χ0) is 23.6. The van der Waals surface area contributed by atoms with Crippen molar-refractivity contribution in [1.82, 2.24) is 15.0 Å². The molecule has 10 nitrogen and oxygen atoms in total. The van der Waals surface area contributed by atoms with Crippen molar-refractivity contribution in [1.29, 1.82) is 0 Å². The Morgan fingerprint density at radius 1 is 0.613 bits per heavy atom. The summed E-state index contributed by atoms with van der Waals surface area (Å²) in [5, 5.41) is 29.4. The van der Waals surface area contributed by atoms with Crippen molar-refractivity contribution in [3.63, 3.8) is 0 Å². The van der Waals surface area contributed by atoms with Crippen molar-refractivity contribution in [2.45, 2.75) is 84.0 Å². The third-order valence-electron chi connectivity index (χ3n) is 5.02. The first-order valence-electron chi connectivity index (χ1n) is 11.1. The van der Waals surface area contributed by atoms with Gasteiger partial charge in [0.15, 0.2) is 0 Å². The highest BCUT2D eigenvalue weighted by Crippen LogP contribution is 2.08. The Kier molecular flexibility index (Phi) is 16.2. The normalized spacial score (nSPS) is 10.6. The van der Waals surface area contributed by atoms with Crippen molar-refractivity contribution in [2.75, 3.05) is 26.7 Å². The van der Waals surface area contributed by atoms with Gasteiger partial charge in [-0.05, 0) is 38.5 Å². The van der Waals surface area contributed by atoms with Gasteiger partial charge < -0.3 is 10.0 Å². The summed E-state index contributed by atoms with van der Waals surface area (Å²) in [7, 11) is 1.74. The van der Waals surface area contributed by atoms with E-state index in [1.165, 1.54) is 6.92 Å². The maximum Gasteiger partial charge on any atom is 0.303 e. The molecular formula is C21H39N3O7. The molecule has 180 valence electrons. The maximum absolute atomic E-state index is 11.9. The minimum absolute atomic E-state index is 0.0130. The Labute approximate surface area is 184 Å². The van der Waals surface area contributed by atoms with Crippen molar-refractivity contribution in [3.8, 4) is 0 Å². The maximum atomic E-state index is 11.9. The number of aliphatic carboxylic acids is 1. The van der Waals surface area contributed by atoms with Crippen LogP contribution < -0.4 is 0 Å². The lowest BCUT2D eigenvalue weighted by Crippen LogP contribution is -2.29. The van der Waals surface area contributed by atoms with Gasteiger partial charge in [-0.1, -0.05) is 19.3 Å². The third-order valence-corrected chi connectivity index (χ3v) is 5.02. The van der Waals surface area contributed by atoms with Crippen LogP contribution in [0.1, 0.15) is 84.0 Å². The second-order valence-corrected chi connectivity index (χ2v) is 7.80. The van der Waals surface area contributed by atoms with Crippen molar-refractivity contribution < 1.29 is 34.7 Å². The topological polar surface area (TPSA) is 139 Å². The summed E-state index contributed by atoms with van der Waals surface area (Å²) in [6.45, 7) is 2.55. The van der Waals surface area contributed by atoms with Crippen LogP contribution in [-0.2, 0) is 19.2 Å². The standard InChI is InChI=1S/C21H39N3O7/c1-18(25)22(2)15-9-3-6-12-19(26)23(30)16-10-4-7-13-20(27)24(31)17-11-5-8-14-21(28)29/h30-31H,3-17H2,1-2H3,(H,28,29). The lowest BCUT2D eigenvalue weighted by molar-refractivity contribution is -0.166. The number of carbonyl (C=O) groups is 4. The molecule has 0 saturated carbocycles. The Morgan fingerprint density at radius 2 is 1.00 bits per heavy atom. The van der Waals surface area contributed by atoms with E-state index in [-0.39, 0.29) is 50.1 Å². The predicted octanol–water partition coefficient (Wildman–Crippen LogP) is 2.67. The van der Waals surface area contributed by atoms with Crippen LogP contribution in [0.2, 0.25) is 0 Å². The summed E-state index contributed by atoms with van der Waals surface area (Å²) < 4.78 is 0. The van der Waals surface area contributed by atoms with E-state index in [2.05, 4.69) is 0 Å². The molecular weight excluding hydrogens is 406 g/mol. The van der Waals surface area contributed by atoms with Crippen molar-refractivity contribution >= 4 is 23.7 Å². The molecule has 0 aliphatic rings. The SMILES string of the molecule is CC(=O)N(C)CCCCCC(=O)N(O)CCCCCC(=O)N(O)CCCCCC(=O)O. The van der Waals surface area contributed by atoms with E-state index in [9.17, 15) is 29.6 Å². The lowest BCUT2D eigenvalue weighted by atomic mass is 10.1. The number of unbranched alkanes of at least 4 members (excludes halogenated alkanes) is 6. The number of nitrogens with zero attached hydrogens (tertiary/aromatic N) is 3. The molecule has 0 rings (SSSR count). The molecule has 3 amide bonds. The van der Waals surface area contributed by atoms with Crippen LogP contribution in [0, 0.1) is 0 Å². The van der Waals surface area contributed by atoms with Crippen molar-refractivity contribution in [3.05, 3.63) is 0 Å². The predicted molar refractivity (Wildman–Crippen MR) is 113 cm³/mol. The van der Waals surface area contributed by atoms with E-state index in [4.69, 9.17) is 5.11 Å². The monoisotopic (exact) mass is 445 g/mol.